The van der Waals surface area contributed by atoms with Gasteiger partial charge in [-0.2, -0.15) is 0 Å². The van der Waals surface area contributed by atoms with Crippen molar-refractivity contribution in [1.29, 1.82) is 0 Å². The number of thioether (sulfide) groups is 1. The van der Waals surface area contributed by atoms with Crippen LogP contribution in [0.3, 0.4) is 0 Å². The molecule has 0 aliphatic heterocycles. The van der Waals surface area contributed by atoms with E-state index in [2.05, 4.69) is 10.2 Å². The Morgan fingerprint density at radius 1 is 1.62 bits per heavy atom. The third-order valence-corrected chi connectivity index (χ3v) is 1.28. The van der Waals surface area contributed by atoms with Crippen molar-refractivity contribution in [3.63, 3.8) is 0 Å². The maximum Gasteiger partial charge on any atom is 0.0184 e. The highest BCUT2D eigenvalue weighted by Gasteiger charge is 1.85. The third-order valence-electron chi connectivity index (χ3n) is 0.724. The monoisotopic (exact) mass is 129 g/mol. The Labute approximate surface area is 55.4 Å². The van der Waals surface area contributed by atoms with Crippen LogP contribution in [0.2, 0.25) is 0 Å². The molecule has 1 nitrogen and oxygen atoms in total. The van der Waals surface area contributed by atoms with Crippen LogP contribution in [-0.2, 0) is 0 Å². The van der Waals surface area contributed by atoms with E-state index in [9.17, 15) is 0 Å². The highest BCUT2D eigenvalue weighted by molar-refractivity contribution is 8.03. The number of terminal acetylenes is 1. The van der Waals surface area contributed by atoms with Crippen molar-refractivity contribution >= 4 is 11.8 Å². The molecule has 0 aromatic carbocycles. The smallest absolute Gasteiger partial charge is 0.0184 e. The molecule has 0 heterocycles. The van der Waals surface area contributed by atoms with Gasteiger partial charge in [0.15, 0.2) is 0 Å². The molecule has 8 heavy (non-hydrogen) atoms. The summed E-state index contributed by atoms with van der Waals surface area (Å²) >= 11 is 1.52. The second kappa shape index (κ2) is 5.02. The Balaban J connectivity index is 2.85. The van der Waals surface area contributed by atoms with E-state index in [-0.39, 0.29) is 0 Å². The third kappa shape index (κ3) is 5.87. The molecule has 0 amide bonds. The van der Waals surface area contributed by atoms with E-state index in [0.717, 1.165) is 12.3 Å². The molecule has 0 spiro atoms. The molecule has 46 valence electrons. The lowest BCUT2D eigenvalue weighted by atomic mass is 10.7. The summed E-state index contributed by atoms with van der Waals surface area (Å²) in [5.41, 5.74) is 0. The normalized spacial score (nSPS) is 9.25. The van der Waals surface area contributed by atoms with Gasteiger partial charge in [0.2, 0.25) is 0 Å². The van der Waals surface area contributed by atoms with Gasteiger partial charge < -0.3 is 4.90 Å². The predicted molar refractivity (Wildman–Crippen MR) is 39.8 cm³/mol. The largest absolute Gasteiger partial charge is 0.309 e. The molecule has 0 aromatic heterocycles. The minimum Gasteiger partial charge on any atom is -0.309 e. The molecule has 0 unspecified atom stereocenters. The van der Waals surface area contributed by atoms with E-state index < -0.39 is 0 Å². The zero-order valence-corrected chi connectivity index (χ0v) is 6.16. The van der Waals surface area contributed by atoms with Crippen molar-refractivity contribution in [1.82, 2.24) is 4.90 Å². The van der Waals surface area contributed by atoms with E-state index in [0.29, 0.717) is 0 Å². The van der Waals surface area contributed by atoms with Crippen LogP contribution in [-0.4, -0.2) is 31.3 Å². The van der Waals surface area contributed by atoms with E-state index >= 15 is 0 Å². The molecule has 0 bridgehead atoms. The highest BCUT2D eigenvalue weighted by Crippen LogP contribution is 1.93. The van der Waals surface area contributed by atoms with Crippen molar-refractivity contribution in [2.24, 2.45) is 0 Å². The summed E-state index contributed by atoms with van der Waals surface area (Å²) in [4.78, 5) is 2.12. The van der Waals surface area contributed by atoms with Crippen molar-refractivity contribution in [2.75, 3.05) is 26.4 Å². The minimum absolute atomic E-state index is 1.03. The summed E-state index contributed by atoms with van der Waals surface area (Å²) in [7, 11) is 4.08. The molecule has 0 saturated heterocycles. The van der Waals surface area contributed by atoms with Crippen LogP contribution in [0.1, 0.15) is 0 Å². The van der Waals surface area contributed by atoms with Crippen molar-refractivity contribution < 1.29 is 0 Å². The molecule has 0 N–H and O–H groups in total. The summed E-state index contributed by atoms with van der Waals surface area (Å²) in [5.74, 6) is 1.03. The van der Waals surface area contributed by atoms with E-state index in [1.807, 2.05) is 14.1 Å². The molecule has 0 aliphatic rings. The lowest BCUT2D eigenvalue weighted by Gasteiger charge is -2.05. The van der Waals surface area contributed by atoms with Gasteiger partial charge in [-0.15, -0.1) is 6.42 Å². The first-order valence-electron chi connectivity index (χ1n) is 2.49. The van der Waals surface area contributed by atoms with Crippen molar-refractivity contribution in [3.8, 4) is 11.7 Å². The molecule has 0 saturated carbocycles. The highest BCUT2D eigenvalue weighted by atomic mass is 32.2. The summed E-state index contributed by atoms with van der Waals surface area (Å²) in [5, 5.41) is 2.51. The van der Waals surface area contributed by atoms with Gasteiger partial charge >= 0.3 is 0 Å². The average molecular weight is 129 g/mol. The van der Waals surface area contributed by atoms with Crippen LogP contribution in [0.25, 0.3) is 0 Å². The summed E-state index contributed by atoms with van der Waals surface area (Å²) in [6.07, 6.45) is 5.01. The van der Waals surface area contributed by atoms with Gasteiger partial charge in [0, 0.05) is 12.3 Å². The van der Waals surface area contributed by atoms with Gasteiger partial charge in [-0.1, -0.05) is 11.8 Å². The number of hydrogen-bond donors (Lipinski definition) is 0. The predicted octanol–water partition coefficient (Wildman–Crippen LogP) is 0.872. The van der Waals surface area contributed by atoms with Crippen molar-refractivity contribution in [3.05, 3.63) is 0 Å². The van der Waals surface area contributed by atoms with Crippen LogP contribution < -0.4 is 0 Å². The van der Waals surface area contributed by atoms with Gasteiger partial charge in [0.25, 0.3) is 0 Å². The lowest BCUT2D eigenvalue weighted by molar-refractivity contribution is 0.437. The van der Waals surface area contributed by atoms with E-state index in [1.54, 1.807) is 0 Å². The van der Waals surface area contributed by atoms with Crippen LogP contribution in [0, 0.1) is 11.7 Å². The molecule has 0 rings (SSSR count). The first-order chi connectivity index (χ1) is 3.77. The SMILES string of the molecule is C#CSCCN(C)C. The average Bonchev–Trinajstić information content (AvgIpc) is 1.66. The fourth-order valence-electron chi connectivity index (χ4n) is 0.287. The molecule has 0 atom stereocenters. The molecule has 0 fully saturated rings. The Hall–Kier alpha value is -0.130. The summed E-state index contributed by atoms with van der Waals surface area (Å²) in [6, 6.07) is 0. The summed E-state index contributed by atoms with van der Waals surface area (Å²) < 4.78 is 0. The Morgan fingerprint density at radius 2 is 2.25 bits per heavy atom. The van der Waals surface area contributed by atoms with Crippen LogP contribution in [0.5, 0.6) is 0 Å². The zero-order valence-electron chi connectivity index (χ0n) is 5.35. The molecule has 2 heteroatoms. The molecular formula is C6H11NS. The van der Waals surface area contributed by atoms with E-state index in [1.165, 1.54) is 11.8 Å². The number of rotatable bonds is 3. The van der Waals surface area contributed by atoms with E-state index in [4.69, 9.17) is 6.42 Å². The van der Waals surface area contributed by atoms with Gasteiger partial charge in [-0.3, -0.25) is 0 Å². The fourth-order valence-corrected chi connectivity index (χ4v) is 0.861. The quantitative estimate of drug-likeness (QED) is 0.411. The van der Waals surface area contributed by atoms with Gasteiger partial charge in [0.1, 0.15) is 0 Å². The Bertz CT molecular complexity index is 83.0. The molecule has 0 radical (unpaired) electrons. The maximum absolute atomic E-state index is 5.01. The second-order valence-corrected chi connectivity index (χ2v) is 2.70. The van der Waals surface area contributed by atoms with Crippen molar-refractivity contribution in [2.45, 2.75) is 0 Å². The van der Waals surface area contributed by atoms with Gasteiger partial charge in [0.05, 0.1) is 0 Å². The van der Waals surface area contributed by atoms with Gasteiger partial charge in [-0.05, 0) is 19.3 Å². The minimum atomic E-state index is 1.03. The molecular weight excluding hydrogens is 118 g/mol. The first-order valence-corrected chi connectivity index (χ1v) is 3.48. The van der Waals surface area contributed by atoms with Gasteiger partial charge in [-0.25, -0.2) is 0 Å². The van der Waals surface area contributed by atoms with Crippen LogP contribution >= 0.6 is 11.8 Å². The number of nitrogens with zero attached hydrogens (tertiary/aromatic N) is 1. The maximum atomic E-state index is 5.01. The topological polar surface area (TPSA) is 3.24 Å². The lowest BCUT2D eigenvalue weighted by Crippen LogP contribution is -2.14. The molecule has 0 aromatic rings. The summed E-state index contributed by atoms with van der Waals surface area (Å²) in [6.45, 7) is 1.06. The van der Waals surface area contributed by atoms with Crippen LogP contribution in [0.15, 0.2) is 0 Å². The standard InChI is InChI=1S/C6H11NS/c1-4-8-6-5-7(2)3/h1H,5-6H2,2-3H3. The second-order valence-electron chi connectivity index (χ2n) is 1.77. The Kier molecular flexibility index (Phi) is 4.93. The zero-order chi connectivity index (χ0) is 6.41. The fraction of sp³-hybridized carbons (Fsp3) is 0.667. The van der Waals surface area contributed by atoms with Crippen LogP contribution in [0.4, 0.5) is 0 Å². The molecule has 0 aliphatic carbocycles. The number of hydrogen-bond acceptors (Lipinski definition) is 2. The first kappa shape index (κ1) is 7.87. The Morgan fingerprint density at radius 3 is 2.62 bits per heavy atom.